The Morgan fingerprint density at radius 3 is 2.35 bits per heavy atom. The third-order valence-electron chi connectivity index (χ3n) is 3.26. The van der Waals surface area contributed by atoms with Gasteiger partial charge in [0, 0.05) is 18.3 Å². The molecule has 0 spiro atoms. The van der Waals surface area contributed by atoms with E-state index in [1.165, 1.54) is 17.7 Å². The lowest BCUT2D eigenvalue weighted by molar-refractivity contribution is 0.639. The van der Waals surface area contributed by atoms with E-state index < -0.39 is 0 Å². The quantitative estimate of drug-likeness (QED) is 0.705. The molecule has 17 heavy (non-hydrogen) atoms. The minimum Gasteiger partial charge on any atom is -0.385 e. The van der Waals surface area contributed by atoms with Gasteiger partial charge in [-0.2, -0.15) is 0 Å². The number of hydrogen-bond acceptors (Lipinski definition) is 2. The van der Waals surface area contributed by atoms with Gasteiger partial charge < -0.3 is 11.1 Å². The summed E-state index contributed by atoms with van der Waals surface area (Å²) in [4.78, 5) is 0. The summed E-state index contributed by atoms with van der Waals surface area (Å²) in [6, 6.07) is 9.11. The van der Waals surface area contributed by atoms with Crippen molar-refractivity contribution in [3.8, 4) is 0 Å². The molecule has 2 atom stereocenters. The maximum atomic E-state index is 5.71. The van der Waals surface area contributed by atoms with Gasteiger partial charge in [0.15, 0.2) is 0 Å². The molecule has 2 nitrogen and oxygen atoms in total. The molecule has 0 fully saturated rings. The zero-order valence-corrected chi connectivity index (χ0v) is 11.4. The molecular weight excluding hydrogens is 208 g/mol. The molecule has 0 bridgehead atoms. The molecule has 0 aliphatic carbocycles. The summed E-state index contributed by atoms with van der Waals surface area (Å²) < 4.78 is 0. The average molecular weight is 234 g/mol. The van der Waals surface area contributed by atoms with Crippen molar-refractivity contribution in [1.29, 1.82) is 0 Å². The molecule has 1 rings (SSSR count). The standard InChI is InChI=1S/C15H26N2/c1-4-12(2)14-7-9-15(10-8-14)17-11-5-6-13(3)16/h7-10,12-13,17H,4-6,11,16H2,1-3H3. The number of anilines is 1. The van der Waals surface area contributed by atoms with E-state index in [0.29, 0.717) is 12.0 Å². The smallest absolute Gasteiger partial charge is 0.0340 e. The molecule has 2 heteroatoms. The zero-order valence-electron chi connectivity index (χ0n) is 11.4. The monoisotopic (exact) mass is 234 g/mol. The highest BCUT2D eigenvalue weighted by Crippen LogP contribution is 2.20. The minimum atomic E-state index is 0.310. The van der Waals surface area contributed by atoms with E-state index in [2.05, 4.69) is 50.4 Å². The first kappa shape index (κ1) is 14.0. The van der Waals surface area contributed by atoms with Crippen molar-refractivity contribution in [2.24, 2.45) is 5.73 Å². The van der Waals surface area contributed by atoms with Gasteiger partial charge in [0.1, 0.15) is 0 Å². The third kappa shape index (κ3) is 5.22. The van der Waals surface area contributed by atoms with Crippen LogP contribution < -0.4 is 11.1 Å². The summed E-state index contributed by atoms with van der Waals surface area (Å²) in [5.41, 5.74) is 8.35. The van der Waals surface area contributed by atoms with Crippen molar-refractivity contribution in [1.82, 2.24) is 0 Å². The summed E-state index contributed by atoms with van der Waals surface area (Å²) in [7, 11) is 0. The summed E-state index contributed by atoms with van der Waals surface area (Å²) >= 11 is 0. The van der Waals surface area contributed by atoms with Gasteiger partial charge in [-0.05, 0) is 49.8 Å². The van der Waals surface area contributed by atoms with Gasteiger partial charge in [-0.1, -0.05) is 26.0 Å². The van der Waals surface area contributed by atoms with Crippen LogP contribution in [-0.2, 0) is 0 Å². The van der Waals surface area contributed by atoms with Crippen LogP contribution in [0.15, 0.2) is 24.3 Å². The lowest BCUT2D eigenvalue weighted by Crippen LogP contribution is -2.16. The molecule has 1 aromatic carbocycles. The van der Waals surface area contributed by atoms with Crippen LogP contribution in [0.25, 0.3) is 0 Å². The number of benzene rings is 1. The largest absolute Gasteiger partial charge is 0.385 e. The number of rotatable bonds is 7. The van der Waals surface area contributed by atoms with Gasteiger partial charge in [-0.25, -0.2) is 0 Å². The molecule has 2 unspecified atom stereocenters. The van der Waals surface area contributed by atoms with Gasteiger partial charge in [0.2, 0.25) is 0 Å². The molecule has 0 aliphatic heterocycles. The lowest BCUT2D eigenvalue weighted by Gasteiger charge is -2.11. The normalized spacial score (nSPS) is 14.4. The Bertz CT molecular complexity index is 303. The van der Waals surface area contributed by atoms with Crippen LogP contribution in [0.4, 0.5) is 5.69 Å². The third-order valence-corrected chi connectivity index (χ3v) is 3.26. The zero-order chi connectivity index (χ0) is 12.7. The molecule has 0 saturated carbocycles. The average Bonchev–Trinajstić information content (AvgIpc) is 2.34. The molecule has 0 saturated heterocycles. The first-order valence-corrected chi connectivity index (χ1v) is 6.73. The van der Waals surface area contributed by atoms with Crippen LogP contribution in [0.1, 0.15) is 51.5 Å². The molecule has 0 radical (unpaired) electrons. The van der Waals surface area contributed by atoms with Crippen LogP contribution in [0.5, 0.6) is 0 Å². The van der Waals surface area contributed by atoms with Crippen molar-refractivity contribution in [2.45, 2.75) is 52.0 Å². The summed E-state index contributed by atoms with van der Waals surface area (Å²) in [6.07, 6.45) is 3.41. The SMILES string of the molecule is CCC(C)c1ccc(NCCCC(C)N)cc1. The molecule has 3 N–H and O–H groups in total. The van der Waals surface area contributed by atoms with Gasteiger partial charge in [0.05, 0.1) is 0 Å². The Labute approximate surface area is 106 Å². The molecule has 0 heterocycles. The maximum Gasteiger partial charge on any atom is 0.0340 e. The second-order valence-corrected chi connectivity index (χ2v) is 4.98. The Balaban J connectivity index is 2.35. The Morgan fingerprint density at radius 1 is 1.18 bits per heavy atom. The lowest BCUT2D eigenvalue weighted by atomic mass is 9.99. The van der Waals surface area contributed by atoms with E-state index in [4.69, 9.17) is 5.73 Å². The van der Waals surface area contributed by atoms with Gasteiger partial charge in [0.25, 0.3) is 0 Å². The number of nitrogens with one attached hydrogen (secondary N) is 1. The van der Waals surface area contributed by atoms with E-state index in [9.17, 15) is 0 Å². The van der Waals surface area contributed by atoms with Gasteiger partial charge in [-0.3, -0.25) is 0 Å². The fourth-order valence-corrected chi connectivity index (χ4v) is 1.82. The number of nitrogens with two attached hydrogens (primary N) is 1. The van der Waals surface area contributed by atoms with Crippen molar-refractivity contribution >= 4 is 5.69 Å². The number of hydrogen-bond donors (Lipinski definition) is 2. The summed E-state index contributed by atoms with van der Waals surface area (Å²) in [6.45, 7) is 7.56. The van der Waals surface area contributed by atoms with E-state index in [0.717, 1.165) is 19.4 Å². The molecule has 1 aromatic rings. The molecule has 0 aromatic heterocycles. The van der Waals surface area contributed by atoms with E-state index in [1.807, 2.05) is 0 Å². The van der Waals surface area contributed by atoms with Crippen LogP contribution in [0.3, 0.4) is 0 Å². The van der Waals surface area contributed by atoms with E-state index in [-0.39, 0.29) is 0 Å². The fraction of sp³-hybridized carbons (Fsp3) is 0.600. The second kappa shape index (κ2) is 7.33. The highest BCUT2D eigenvalue weighted by atomic mass is 14.9. The van der Waals surface area contributed by atoms with Gasteiger partial charge >= 0.3 is 0 Å². The van der Waals surface area contributed by atoms with E-state index >= 15 is 0 Å². The van der Waals surface area contributed by atoms with Crippen molar-refractivity contribution in [3.63, 3.8) is 0 Å². The van der Waals surface area contributed by atoms with Crippen molar-refractivity contribution < 1.29 is 0 Å². The topological polar surface area (TPSA) is 38.0 Å². The first-order chi connectivity index (χ1) is 8.13. The Kier molecular flexibility index (Phi) is 6.06. The van der Waals surface area contributed by atoms with Crippen molar-refractivity contribution in [3.05, 3.63) is 29.8 Å². The summed E-state index contributed by atoms with van der Waals surface area (Å²) in [5, 5.41) is 3.43. The molecule has 0 amide bonds. The minimum absolute atomic E-state index is 0.310. The highest BCUT2D eigenvalue weighted by Gasteiger charge is 2.02. The highest BCUT2D eigenvalue weighted by molar-refractivity contribution is 5.45. The van der Waals surface area contributed by atoms with Crippen LogP contribution in [-0.4, -0.2) is 12.6 Å². The van der Waals surface area contributed by atoms with Crippen molar-refractivity contribution in [2.75, 3.05) is 11.9 Å². The molecular formula is C15H26N2. The molecule has 96 valence electrons. The Morgan fingerprint density at radius 2 is 1.82 bits per heavy atom. The van der Waals surface area contributed by atoms with Crippen LogP contribution in [0.2, 0.25) is 0 Å². The fourth-order valence-electron chi connectivity index (χ4n) is 1.82. The first-order valence-electron chi connectivity index (χ1n) is 6.73. The van der Waals surface area contributed by atoms with Crippen LogP contribution in [0, 0.1) is 0 Å². The maximum absolute atomic E-state index is 5.71. The van der Waals surface area contributed by atoms with Crippen LogP contribution >= 0.6 is 0 Å². The predicted octanol–water partition coefficient (Wildman–Crippen LogP) is 3.74. The van der Waals surface area contributed by atoms with E-state index in [1.54, 1.807) is 0 Å². The summed E-state index contributed by atoms with van der Waals surface area (Å²) in [5.74, 6) is 0.655. The predicted molar refractivity (Wildman–Crippen MR) is 76.5 cm³/mol. The Hall–Kier alpha value is -1.02. The van der Waals surface area contributed by atoms with Gasteiger partial charge in [-0.15, -0.1) is 0 Å². The molecule has 0 aliphatic rings. The second-order valence-electron chi connectivity index (χ2n) is 4.98.